The highest BCUT2D eigenvalue weighted by Gasteiger charge is 2.20. The van der Waals surface area contributed by atoms with Crippen LogP contribution in [-0.2, 0) is 11.3 Å². The number of hydrogen-bond donors (Lipinski definition) is 1. The Hall–Kier alpha value is -1.04. The zero-order valence-corrected chi connectivity index (χ0v) is 12.6. The van der Waals surface area contributed by atoms with Gasteiger partial charge in [-0.05, 0) is 55.6 Å². The Balaban J connectivity index is 2.00. The zero-order valence-electron chi connectivity index (χ0n) is 11.8. The van der Waals surface area contributed by atoms with Crippen molar-refractivity contribution in [1.82, 2.24) is 4.90 Å². The van der Waals surface area contributed by atoms with Crippen molar-refractivity contribution in [2.45, 2.75) is 19.4 Å². The molecule has 0 saturated carbocycles. The lowest BCUT2D eigenvalue weighted by atomic mass is 9.97. The molecule has 0 spiro atoms. The fourth-order valence-corrected chi connectivity index (χ4v) is 2.92. The van der Waals surface area contributed by atoms with Crippen LogP contribution in [0.3, 0.4) is 0 Å². The molecule has 1 aromatic rings. The first kappa shape index (κ1) is 15.4. The zero-order chi connectivity index (χ0) is 14.5. The number of likely N-dealkylation sites (tertiary alicyclic amines) is 1. The van der Waals surface area contributed by atoms with Crippen LogP contribution in [0.2, 0.25) is 0 Å². The van der Waals surface area contributed by atoms with E-state index in [1.54, 1.807) is 13.2 Å². The molecule has 1 saturated heterocycles. The van der Waals surface area contributed by atoms with Gasteiger partial charge in [-0.25, -0.2) is 4.39 Å². The third-order valence-electron chi connectivity index (χ3n) is 3.84. The van der Waals surface area contributed by atoms with Gasteiger partial charge in [-0.2, -0.15) is 0 Å². The molecule has 0 aliphatic carbocycles. The van der Waals surface area contributed by atoms with Crippen molar-refractivity contribution >= 4 is 17.2 Å². The van der Waals surface area contributed by atoms with Gasteiger partial charge in [-0.15, -0.1) is 0 Å². The Labute approximate surface area is 124 Å². The van der Waals surface area contributed by atoms with Gasteiger partial charge in [0.2, 0.25) is 0 Å². The van der Waals surface area contributed by atoms with E-state index in [1.165, 1.54) is 12.1 Å². The van der Waals surface area contributed by atoms with Crippen molar-refractivity contribution < 1.29 is 9.13 Å². The number of rotatable bonds is 5. The molecule has 110 valence electrons. The third-order valence-corrected chi connectivity index (χ3v) is 4.06. The van der Waals surface area contributed by atoms with E-state index in [-0.39, 0.29) is 5.82 Å². The summed E-state index contributed by atoms with van der Waals surface area (Å²) < 4.78 is 18.6. The molecular formula is C15H21FN2OS. The van der Waals surface area contributed by atoms with Crippen molar-refractivity contribution in [1.29, 1.82) is 0 Å². The Morgan fingerprint density at radius 2 is 2.15 bits per heavy atom. The van der Waals surface area contributed by atoms with E-state index in [0.717, 1.165) is 43.7 Å². The van der Waals surface area contributed by atoms with Gasteiger partial charge in [0.05, 0.1) is 0 Å². The molecule has 1 aliphatic rings. The topological polar surface area (TPSA) is 38.5 Å². The second kappa shape index (κ2) is 7.11. The summed E-state index contributed by atoms with van der Waals surface area (Å²) in [5, 5.41) is 0. The molecule has 5 heteroatoms. The number of hydrogen-bond acceptors (Lipinski definition) is 3. The Morgan fingerprint density at radius 3 is 2.75 bits per heavy atom. The molecule has 2 N–H and O–H groups in total. The predicted octanol–water partition coefficient (Wildman–Crippen LogP) is 2.32. The molecule has 1 aliphatic heterocycles. The summed E-state index contributed by atoms with van der Waals surface area (Å²) in [5.74, 6) is 0.396. The molecule has 0 amide bonds. The lowest BCUT2D eigenvalue weighted by Gasteiger charge is -2.32. The van der Waals surface area contributed by atoms with E-state index in [1.807, 2.05) is 0 Å². The Kier molecular flexibility index (Phi) is 5.46. The molecule has 3 nitrogen and oxygen atoms in total. The van der Waals surface area contributed by atoms with Gasteiger partial charge >= 0.3 is 0 Å². The third kappa shape index (κ3) is 3.98. The Bertz CT molecular complexity index is 473. The average Bonchev–Trinajstić information content (AvgIpc) is 2.41. The van der Waals surface area contributed by atoms with Gasteiger partial charge in [-0.3, -0.25) is 4.90 Å². The number of benzene rings is 1. The van der Waals surface area contributed by atoms with Gasteiger partial charge in [0.1, 0.15) is 10.8 Å². The predicted molar refractivity (Wildman–Crippen MR) is 82.2 cm³/mol. The molecule has 0 bridgehead atoms. The summed E-state index contributed by atoms with van der Waals surface area (Å²) in [6, 6.07) is 4.61. The largest absolute Gasteiger partial charge is 0.389 e. The monoisotopic (exact) mass is 296 g/mol. The summed E-state index contributed by atoms with van der Waals surface area (Å²) in [5.41, 5.74) is 7.36. The minimum atomic E-state index is -0.241. The number of halogens is 1. The van der Waals surface area contributed by atoms with Gasteiger partial charge in [0.25, 0.3) is 0 Å². The van der Waals surface area contributed by atoms with E-state index >= 15 is 0 Å². The van der Waals surface area contributed by atoms with Crippen LogP contribution in [0, 0.1) is 11.7 Å². The maximum Gasteiger partial charge on any atom is 0.123 e. The van der Waals surface area contributed by atoms with Crippen LogP contribution in [0.25, 0.3) is 0 Å². The van der Waals surface area contributed by atoms with E-state index in [0.29, 0.717) is 17.5 Å². The van der Waals surface area contributed by atoms with Crippen LogP contribution in [0.1, 0.15) is 24.0 Å². The molecule has 1 heterocycles. The second-order valence-corrected chi connectivity index (χ2v) is 5.78. The van der Waals surface area contributed by atoms with Crippen molar-refractivity contribution in [3.05, 3.63) is 35.1 Å². The number of nitrogens with two attached hydrogens (primary N) is 1. The van der Waals surface area contributed by atoms with Crippen LogP contribution < -0.4 is 5.73 Å². The number of methoxy groups -OCH3 is 1. The fraction of sp³-hybridized carbons (Fsp3) is 0.533. The molecule has 2 rings (SSSR count). The van der Waals surface area contributed by atoms with Crippen molar-refractivity contribution in [3.63, 3.8) is 0 Å². The van der Waals surface area contributed by atoms with Crippen molar-refractivity contribution in [3.8, 4) is 0 Å². The molecule has 0 radical (unpaired) electrons. The van der Waals surface area contributed by atoms with E-state index in [2.05, 4.69) is 4.90 Å². The highest BCUT2D eigenvalue weighted by molar-refractivity contribution is 7.80. The molecule has 20 heavy (non-hydrogen) atoms. The molecular weight excluding hydrogens is 275 g/mol. The molecule has 0 unspecified atom stereocenters. The number of piperidine rings is 1. The minimum absolute atomic E-state index is 0.241. The quantitative estimate of drug-likeness (QED) is 0.846. The van der Waals surface area contributed by atoms with Gasteiger partial charge in [0, 0.05) is 25.8 Å². The van der Waals surface area contributed by atoms with Crippen LogP contribution >= 0.6 is 12.2 Å². The van der Waals surface area contributed by atoms with Gasteiger partial charge in [0.15, 0.2) is 0 Å². The first-order chi connectivity index (χ1) is 9.60. The molecule has 1 aromatic carbocycles. The summed E-state index contributed by atoms with van der Waals surface area (Å²) >= 11 is 5.03. The molecule has 1 fully saturated rings. The van der Waals surface area contributed by atoms with E-state index in [4.69, 9.17) is 22.7 Å². The smallest absolute Gasteiger partial charge is 0.123 e. The summed E-state index contributed by atoms with van der Waals surface area (Å²) in [7, 11) is 1.74. The van der Waals surface area contributed by atoms with E-state index in [9.17, 15) is 4.39 Å². The highest BCUT2D eigenvalue weighted by atomic mass is 32.1. The number of nitrogens with zero attached hydrogens (tertiary/aromatic N) is 1. The summed E-state index contributed by atoms with van der Waals surface area (Å²) in [6.45, 7) is 3.53. The van der Waals surface area contributed by atoms with Crippen LogP contribution in [0.5, 0.6) is 0 Å². The lowest BCUT2D eigenvalue weighted by molar-refractivity contribution is 0.0968. The first-order valence-electron chi connectivity index (χ1n) is 6.89. The minimum Gasteiger partial charge on any atom is -0.389 e. The van der Waals surface area contributed by atoms with Crippen molar-refractivity contribution in [2.75, 3.05) is 26.8 Å². The standard InChI is InChI=1S/C15H21FN2OS/c1-19-10-11-4-6-18(7-5-11)9-12-8-13(16)2-3-14(12)15(17)20/h2-3,8,11H,4-7,9-10H2,1H3,(H2,17,20). The normalized spacial score (nSPS) is 17.3. The van der Waals surface area contributed by atoms with Gasteiger partial charge in [-0.1, -0.05) is 12.2 Å². The van der Waals surface area contributed by atoms with Crippen LogP contribution in [-0.4, -0.2) is 36.7 Å². The maximum absolute atomic E-state index is 13.4. The van der Waals surface area contributed by atoms with Gasteiger partial charge < -0.3 is 10.5 Å². The number of ether oxygens (including phenoxy) is 1. The average molecular weight is 296 g/mol. The Morgan fingerprint density at radius 1 is 1.45 bits per heavy atom. The van der Waals surface area contributed by atoms with Crippen LogP contribution in [0.15, 0.2) is 18.2 Å². The highest BCUT2D eigenvalue weighted by Crippen LogP contribution is 2.21. The van der Waals surface area contributed by atoms with Crippen molar-refractivity contribution in [2.24, 2.45) is 11.7 Å². The lowest BCUT2D eigenvalue weighted by Crippen LogP contribution is -2.35. The SMILES string of the molecule is COCC1CCN(Cc2cc(F)ccc2C(N)=S)CC1. The molecule has 0 aromatic heterocycles. The first-order valence-corrected chi connectivity index (χ1v) is 7.30. The van der Waals surface area contributed by atoms with E-state index < -0.39 is 0 Å². The molecule has 0 atom stereocenters. The summed E-state index contributed by atoms with van der Waals surface area (Å²) in [6.07, 6.45) is 2.23. The maximum atomic E-state index is 13.4. The second-order valence-electron chi connectivity index (χ2n) is 5.34. The van der Waals surface area contributed by atoms with Crippen LogP contribution in [0.4, 0.5) is 4.39 Å². The fourth-order valence-electron chi connectivity index (χ4n) is 2.72. The number of thiocarbonyl (C=S) groups is 1. The summed E-state index contributed by atoms with van der Waals surface area (Å²) in [4.78, 5) is 2.65.